The molecular weight excluding hydrogens is 440 g/mol. The van der Waals surface area contributed by atoms with Crippen molar-refractivity contribution in [2.75, 3.05) is 12.4 Å². The fourth-order valence-corrected chi connectivity index (χ4v) is 5.04. The summed E-state index contributed by atoms with van der Waals surface area (Å²) < 4.78 is 32.9. The van der Waals surface area contributed by atoms with Crippen molar-refractivity contribution in [1.29, 1.82) is 0 Å². The average Bonchev–Trinajstić information content (AvgIpc) is 3.18. The number of nitrogens with zero attached hydrogens (tertiary/aromatic N) is 1. The molecule has 8 heteroatoms. The van der Waals surface area contributed by atoms with Gasteiger partial charge in [0.25, 0.3) is 0 Å². The van der Waals surface area contributed by atoms with E-state index < -0.39 is 15.8 Å². The minimum Gasteiger partial charge on any atom is -0.465 e. The number of rotatable bonds is 6. The van der Waals surface area contributed by atoms with E-state index in [0.717, 1.165) is 5.56 Å². The van der Waals surface area contributed by atoms with Crippen molar-refractivity contribution in [1.82, 2.24) is 4.57 Å². The molecule has 0 aliphatic rings. The largest absolute Gasteiger partial charge is 0.465 e. The predicted molar refractivity (Wildman–Crippen MR) is 125 cm³/mol. The van der Waals surface area contributed by atoms with Gasteiger partial charge < -0.3 is 14.6 Å². The summed E-state index contributed by atoms with van der Waals surface area (Å²) >= 11 is 0. The van der Waals surface area contributed by atoms with E-state index in [0.29, 0.717) is 22.2 Å². The highest BCUT2D eigenvalue weighted by atomic mass is 32.2. The van der Waals surface area contributed by atoms with Crippen molar-refractivity contribution < 1.29 is 22.7 Å². The number of carbonyl (C=O) groups is 2. The number of sulfone groups is 1. The Morgan fingerprint density at radius 3 is 2.27 bits per heavy atom. The molecule has 3 aromatic carbocycles. The third-order valence-electron chi connectivity index (χ3n) is 5.28. The summed E-state index contributed by atoms with van der Waals surface area (Å²) in [5.74, 6) is -0.796. The first-order chi connectivity index (χ1) is 15.8. The maximum atomic E-state index is 13.3. The lowest BCUT2D eigenvalue weighted by atomic mass is 10.2. The highest BCUT2D eigenvalue weighted by Crippen LogP contribution is 2.30. The lowest BCUT2D eigenvalue weighted by Crippen LogP contribution is -2.18. The average molecular weight is 463 g/mol. The molecule has 4 rings (SSSR count). The van der Waals surface area contributed by atoms with Gasteiger partial charge >= 0.3 is 5.97 Å². The Morgan fingerprint density at radius 1 is 0.939 bits per heavy atom. The molecule has 0 atom stereocenters. The molecule has 0 bridgehead atoms. The summed E-state index contributed by atoms with van der Waals surface area (Å²) in [5.41, 5.74) is 2.49. The molecule has 0 aliphatic carbocycles. The number of aromatic nitrogens is 1. The van der Waals surface area contributed by atoms with Gasteiger partial charge in [0.2, 0.25) is 15.7 Å². The van der Waals surface area contributed by atoms with Crippen LogP contribution in [0.2, 0.25) is 0 Å². The van der Waals surface area contributed by atoms with Crippen LogP contribution < -0.4 is 5.32 Å². The Hall–Kier alpha value is -3.91. The van der Waals surface area contributed by atoms with E-state index >= 15 is 0 Å². The molecule has 1 amide bonds. The summed E-state index contributed by atoms with van der Waals surface area (Å²) in [6, 6.07) is 20.1. The van der Waals surface area contributed by atoms with Crippen molar-refractivity contribution >= 4 is 38.3 Å². The quantitative estimate of drug-likeness (QED) is 0.433. The van der Waals surface area contributed by atoms with E-state index in [1.54, 1.807) is 77.4 Å². The molecule has 1 N–H and O–H groups in total. The van der Waals surface area contributed by atoms with Crippen molar-refractivity contribution in [2.24, 2.45) is 0 Å². The zero-order chi connectivity index (χ0) is 23.6. The van der Waals surface area contributed by atoms with Gasteiger partial charge in [0.05, 0.1) is 22.5 Å². The predicted octanol–water partition coefficient (Wildman–Crippen LogP) is 4.21. The Bertz CT molecular complexity index is 1440. The number of ether oxygens (including phenoxy) is 1. The van der Waals surface area contributed by atoms with Crippen LogP contribution in [0, 0.1) is 6.92 Å². The van der Waals surface area contributed by atoms with Crippen molar-refractivity contribution in [3.8, 4) is 0 Å². The van der Waals surface area contributed by atoms with E-state index in [1.165, 1.54) is 13.3 Å². The molecule has 0 radical (unpaired) electrons. The number of fused-ring (bicyclic) bond motifs is 1. The van der Waals surface area contributed by atoms with Gasteiger partial charge in [0.1, 0.15) is 6.54 Å². The lowest BCUT2D eigenvalue weighted by molar-refractivity contribution is -0.116. The Morgan fingerprint density at radius 2 is 1.61 bits per heavy atom. The maximum absolute atomic E-state index is 13.3. The van der Waals surface area contributed by atoms with Crippen LogP contribution >= 0.6 is 0 Å². The van der Waals surface area contributed by atoms with E-state index in [9.17, 15) is 18.0 Å². The number of methoxy groups -OCH3 is 1. The number of aryl methyl sites for hydroxylation is 1. The zero-order valence-corrected chi connectivity index (χ0v) is 18.9. The van der Waals surface area contributed by atoms with Gasteiger partial charge in [0, 0.05) is 22.8 Å². The fraction of sp³-hybridized carbons (Fsp3) is 0.120. The van der Waals surface area contributed by atoms with E-state index in [2.05, 4.69) is 10.1 Å². The van der Waals surface area contributed by atoms with Gasteiger partial charge in [-0.05, 0) is 49.4 Å². The number of hydrogen-bond donors (Lipinski definition) is 1. The van der Waals surface area contributed by atoms with Crippen molar-refractivity contribution in [3.05, 3.63) is 90.1 Å². The second kappa shape index (κ2) is 8.91. The van der Waals surface area contributed by atoms with Crippen LogP contribution in [-0.2, 0) is 25.9 Å². The van der Waals surface area contributed by atoms with Crippen LogP contribution in [0.4, 0.5) is 5.69 Å². The molecule has 0 fully saturated rings. The van der Waals surface area contributed by atoms with Crippen LogP contribution in [0.25, 0.3) is 10.9 Å². The molecule has 0 spiro atoms. The molecule has 0 unspecified atom stereocenters. The summed E-state index contributed by atoms with van der Waals surface area (Å²) in [5, 5.41) is 3.31. The molecule has 33 heavy (non-hydrogen) atoms. The summed E-state index contributed by atoms with van der Waals surface area (Å²) in [6.07, 6.45) is 1.50. The standard InChI is InChI=1S/C25H22N2O5S/c1-17-7-13-20(14-8-17)33(30,31)23-15-27(22-6-4-3-5-21(22)23)16-24(28)26-19-11-9-18(10-12-19)25(29)32-2/h3-15H,16H2,1-2H3,(H,26,28). The number of esters is 1. The topological polar surface area (TPSA) is 94.5 Å². The zero-order valence-electron chi connectivity index (χ0n) is 18.1. The number of amides is 1. The number of carbonyl (C=O) groups excluding carboxylic acids is 2. The van der Waals surface area contributed by atoms with Crippen LogP contribution in [0.3, 0.4) is 0 Å². The van der Waals surface area contributed by atoms with Crippen molar-refractivity contribution in [3.63, 3.8) is 0 Å². The van der Waals surface area contributed by atoms with E-state index in [4.69, 9.17) is 0 Å². The van der Waals surface area contributed by atoms with E-state index in [-0.39, 0.29) is 22.2 Å². The molecule has 1 heterocycles. The second-order valence-electron chi connectivity index (χ2n) is 7.57. The lowest BCUT2D eigenvalue weighted by Gasteiger charge is -2.08. The first kappa shape index (κ1) is 22.3. The Kier molecular flexibility index (Phi) is 6.02. The number of anilines is 1. The third kappa shape index (κ3) is 4.51. The van der Waals surface area contributed by atoms with Crippen LogP contribution in [0.5, 0.6) is 0 Å². The van der Waals surface area contributed by atoms with Gasteiger partial charge in [-0.2, -0.15) is 0 Å². The van der Waals surface area contributed by atoms with Crippen LogP contribution in [0.1, 0.15) is 15.9 Å². The minimum absolute atomic E-state index is 0.0807. The highest BCUT2D eigenvalue weighted by Gasteiger charge is 2.23. The molecule has 4 aromatic rings. The first-order valence-electron chi connectivity index (χ1n) is 10.2. The van der Waals surface area contributed by atoms with Gasteiger partial charge in [0.15, 0.2) is 0 Å². The Labute approximate surface area is 191 Å². The minimum atomic E-state index is -3.77. The van der Waals surface area contributed by atoms with Crippen LogP contribution in [0.15, 0.2) is 88.8 Å². The normalized spacial score (nSPS) is 11.3. The first-order valence-corrected chi connectivity index (χ1v) is 11.7. The molecule has 1 aromatic heterocycles. The third-order valence-corrected chi connectivity index (χ3v) is 7.07. The smallest absolute Gasteiger partial charge is 0.337 e. The van der Waals surface area contributed by atoms with Crippen LogP contribution in [-0.4, -0.2) is 32.0 Å². The monoisotopic (exact) mass is 462 g/mol. The fourth-order valence-electron chi connectivity index (χ4n) is 3.57. The van der Waals surface area contributed by atoms with Gasteiger partial charge in [-0.1, -0.05) is 35.9 Å². The molecule has 0 saturated carbocycles. The molecular formula is C25H22N2O5S. The second-order valence-corrected chi connectivity index (χ2v) is 9.49. The number of para-hydroxylation sites is 1. The molecule has 168 valence electrons. The van der Waals surface area contributed by atoms with Gasteiger partial charge in [-0.15, -0.1) is 0 Å². The molecule has 7 nitrogen and oxygen atoms in total. The Balaban J connectivity index is 1.62. The SMILES string of the molecule is COC(=O)c1ccc(NC(=O)Cn2cc(S(=O)(=O)c3ccc(C)cc3)c3ccccc32)cc1. The molecule has 0 aliphatic heterocycles. The summed E-state index contributed by atoms with van der Waals surface area (Å²) in [7, 11) is -2.47. The van der Waals surface area contributed by atoms with E-state index in [1.807, 2.05) is 6.92 Å². The highest BCUT2D eigenvalue weighted by molar-refractivity contribution is 7.91. The number of hydrogen-bond acceptors (Lipinski definition) is 5. The van der Waals surface area contributed by atoms with Gasteiger partial charge in [-0.25, -0.2) is 13.2 Å². The van der Waals surface area contributed by atoms with Crippen molar-refractivity contribution in [2.45, 2.75) is 23.3 Å². The summed E-state index contributed by atoms with van der Waals surface area (Å²) in [4.78, 5) is 24.6. The number of benzene rings is 3. The summed E-state index contributed by atoms with van der Waals surface area (Å²) in [6.45, 7) is 1.81. The molecule has 0 saturated heterocycles. The number of nitrogens with one attached hydrogen (secondary N) is 1. The van der Waals surface area contributed by atoms with Gasteiger partial charge in [-0.3, -0.25) is 4.79 Å². The maximum Gasteiger partial charge on any atom is 0.337 e.